The van der Waals surface area contributed by atoms with Gasteiger partial charge in [0.2, 0.25) is 5.91 Å². The first kappa shape index (κ1) is 6.93. The average molecular weight is 147 g/mol. The van der Waals surface area contributed by atoms with E-state index in [1.807, 2.05) is 4.31 Å². The van der Waals surface area contributed by atoms with Crippen LogP contribution in [0.5, 0.6) is 0 Å². The van der Waals surface area contributed by atoms with Crippen LogP contribution in [0.1, 0.15) is 12.8 Å². The van der Waals surface area contributed by atoms with Gasteiger partial charge in [-0.15, -0.1) is 0 Å². The fourth-order valence-corrected chi connectivity index (χ4v) is 2.14. The van der Waals surface area contributed by atoms with Gasteiger partial charge in [0.25, 0.3) is 0 Å². The number of carbonyl (C=O) groups is 1. The van der Waals surface area contributed by atoms with E-state index < -0.39 is 0 Å². The number of carbonyl (C=O) groups excluding carboxylic acids is 1. The summed E-state index contributed by atoms with van der Waals surface area (Å²) in [5.74, 6) is 0.353. The molecule has 0 N–H and O–H groups in total. The lowest BCUT2D eigenvalue weighted by atomic mass is 10.4. The zero-order chi connectivity index (χ0) is 6.85. The summed E-state index contributed by atoms with van der Waals surface area (Å²) in [4.78, 5) is 11.0. The van der Waals surface area contributed by atoms with E-state index in [0.717, 1.165) is 19.4 Å². The Hall–Kier alpha value is -0.180. The van der Waals surface area contributed by atoms with E-state index in [9.17, 15) is 4.79 Å². The molecule has 1 amide bonds. The van der Waals surface area contributed by atoms with Crippen LogP contribution in [-0.2, 0) is 4.79 Å². The van der Waals surface area contributed by atoms with E-state index in [-0.39, 0.29) is 11.1 Å². The number of hydrogen-bond acceptors (Lipinski definition) is 1. The lowest BCUT2D eigenvalue weighted by molar-refractivity contribution is -0.123. The Morgan fingerprint density at radius 2 is 2.22 bits per heavy atom. The molecule has 0 radical (unpaired) electrons. The van der Waals surface area contributed by atoms with Gasteiger partial charge in [0.05, 0.1) is 0 Å². The maximum absolute atomic E-state index is 11.0. The van der Waals surface area contributed by atoms with E-state index in [1.165, 1.54) is 0 Å². The Bertz CT molecular complexity index is 124. The van der Waals surface area contributed by atoms with Crippen molar-refractivity contribution in [1.29, 1.82) is 0 Å². The summed E-state index contributed by atoms with van der Waals surface area (Å²) in [7, 11) is 0. The van der Waals surface area contributed by atoms with Crippen molar-refractivity contribution in [1.82, 2.24) is 4.31 Å². The van der Waals surface area contributed by atoms with Crippen LogP contribution < -0.4 is 0 Å². The number of amides is 1. The summed E-state index contributed by atoms with van der Waals surface area (Å²) in [5.41, 5.74) is 0. The molecule has 3 heteroatoms. The molecular weight excluding hydrogens is 134 g/mol. The molecule has 1 rings (SSSR count). The van der Waals surface area contributed by atoms with E-state index >= 15 is 0 Å². The number of rotatable bonds is 1. The minimum atomic E-state index is -0.157. The second-order valence-corrected chi connectivity index (χ2v) is 4.64. The molecule has 0 bridgehead atoms. The van der Waals surface area contributed by atoms with Gasteiger partial charge in [0, 0.05) is 13.0 Å². The average Bonchev–Trinajstić information content (AvgIpc) is 2.13. The van der Waals surface area contributed by atoms with Crippen LogP contribution in [0, 0.1) is 0 Å². The molecular formula is C6H13NOS. The third-order valence-electron chi connectivity index (χ3n) is 1.53. The predicted molar refractivity (Wildman–Crippen MR) is 41.8 cm³/mol. The molecule has 0 aromatic rings. The van der Waals surface area contributed by atoms with Crippen LogP contribution in [0.15, 0.2) is 0 Å². The van der Waals surface area contributed by atoms with Gasteiger partial charge >= 0.3 is 0 Å². The van der Waals surface area contributed by atoms with Crippen LogP contribution in [0.2, 0.25) is 0 Å². The van der Waals surface area contributed by atoms with Gasteiger partial charge in [0.1, 0.15) is 0 Å². The number of thiol groups is 1. The second kappa shape index (κ2) is 2.60. The van der Waals surface area contributed by atoms with Crippen molar-refractivity contribution in [3.63, 3.8) is 0 Å². The normalized spacial score (nSPS) is 20.9. The quantitative estimate of drug-likeness (QED) is 0.544. The van der Waals surface area contributed by atoms with Crippen LogP contribution in [-0.4, -0.2) is 29.3 Å². The number of hydrogen-bond donors (Lipinski definition) is 1. The van der Waals surface area contributed by atoms with Crippen LogP contribution in [0.4, 0.5) is 0 Å². The minimum absolute atomic E-state index is 0.157. The van der Waals surface area contributed by atoms with Gasteiger partial charge < -0.3 is 4.31 Å². The van der Waals surface area contributed by atoms with Gasteiger partial charge in [-0.3, -0.25) is 4.79 Å². The highest BCUT2D eigenvalue weighted by Gasteiger charge is 2.20. The molecule has 0 aromatic heterocycles. The first-order valence-corrected chi connectivity index (χ1v) is 5.38. The summed E-state index contributed by atoms with van der Waals surface area (Å²) in [5, 5.41) is 0. The molecule has 1 saturated heterocycles. The molecule has 1 heterocycles. The monoisotopic (exact) mass is 147 g/mol. The SMILES string of the molecule is C[SH](C)N1CCCC1=O. The Labute approximate surface area is 58.7 Å². The van der Waals surface area contributed by atoms with Gasteiger partial charge in [-0.2, -0.15) is 11.1 Å². The molecule has 54 valence electrons. The Morgan fingerprint density at radius 1 is 1.56 bits per heavy atom. The maximum Gasteiger partial charge on any atom is 0.230 e. The van der Waals surface area contributed by atoms with Crippen LogP contribution in [0.3, 0.4) is 0 Å². The highest BCUT2D eigenvalue weighted by atomic mass is 32.2. The standard InChI is InChI=1S/C6H13NOS/c1-9(2)7-5-3-4-6(7)8/h9H,3-5H2,1-2H3. The molecule has 1 fully saturated rings. The highest BCUT2D eigenvalue weighted by Crippen LogP contribution is 2.27. The lowest BCUT2D eigenvalue weighted by Crippen LogP contribution is -2.19. The fraction of sp³-hybridized carbons (Fsp3) is 0.833. The first-order chi connectivity index (χ1) is 4.22. The molecule has 1 aliphatic rings. The summed E-state index contributed by atoms with van der Waals surface area (Å²) >= 11 is -0.157. The zero-order valence-electron chi connectivity index (χ0n) is 5.92. The molecule has 0 saturated carbocycles. The topological polar surface area (TPSA) is 20.3 Å². The zero-order valence-corrected chi connectivity index (χ0v) is 6.82. The van der Waals surface area contributed by atoms with Crippen molar-refractivity contribution in [2.75, 3.05) is 19.1 Å². The smallest absolute Gasteiger partial charge is 0.230 e. The fourth-order valence-electron chi connectivity index (χ4n) is 1.06. The summed E-state index contributed by atoms with van der Waals surface area (Å²) in [6.07, 6.45) is 6.09. The maximum atomic E-state index is 11.0. The third kappa shape index (κ3) is 1.39. The van der Waals surface area contributed by atoms with E-state index in [4.69, 9.17) is 0 Å². The summed E-state index contributed by atoms with van der Waals surface area (Å²) in [6.45, 7) is 0.998. The Morgan fingerprint density at radius 3 is 2.44 bits per heavy atom. The molecule has 1 aliphatic heterocycles. The molecule has 0 spiro atoms. The second-order valence-electron chi connectivity index (χ2n) is 2.47. The highest BCUT2D eigenvalue weighted by molar-refractivity contribution is 8.14. The van der Waals surface area contributed by atoms with Crippen molar-refractivity contribution in [2.24, 2.45) is 0 Å². The number of nitrogens with zero attached hydrogens (tertiary/aromatic N) is 1. The largest absolute Gasteiger partial charge is 0.308 e. The Balaban J connectivity index is 2.49. The van der Waals surface area contributed by atoms with Crippen molar-refractivity contribution in [2.45, 2.75) is 12.8 Å². The van der Waals surface area contributed by atoms with Gasteiger partial charge in [0.15, 0.2) is 0 Å². The molecule has 9 heavy (non-hydrogen) atoms. The first-order valence-electron chi connectivity index (χ1n) is 3.19. The van der Waals surface area contributed by atoms with Crippen molar-refractivity contribution in [3.8, 4) is 0 Å². The Kier molecular flexibility index (Phi) is 2.01. The minimum Gasteiger partial charge on any atom is -0.308 e. The van der Waals surface area contributed by atoms with Crippen molar-refractivity contribution < 1.29 is 4.79 Å². The van der Waals surface area contributed by atoms with Crippen LogP contribution in [0.25, 0.3) is 0 Å². The van der Waals surface area contributed by atoms with Crippen molar-refractivity contribution in [3.05, 3.63) is 0 Å². The summed E-state index contributed by atoms with van der Waals surface area (Å²) < 4.78 is 2.00. The van der Waals surface area contributed by atoms with Crippen LogP contribution >= 0.6 is 11.1 Å². The van der Waals surface area contributed by atoms with Gasteiger partial charge in [-0.1, -0.05) is 0 Å². The van der Waals surface area contributed by atoms with E-state index in [0.29, 0.717) is 5.91 Å². The molecule has 0 unspecified atom stereocenters. The summed E-state index contributed by atoms with van der Waals surface area (Å²) in [6, 6.07) is 0. The van der Waals surface area contributed by atoms with Gasteiger partial charge in [-0.25, -0.2) is 0 Å². The molecule has 0 aliphatic carbocycles. The van der Waals surface area contributed by atoms with Crippen molar-refractivity contribution >= 4 is 17.0 Å². The molecule has 0 aromatic carbocycles. The third-order valence-corrected chi connectivity index (χ3v) is 2.92. The predicted octanol–water partition coefficient (Wildman–Crippen LogP) is 0.785. The van der Waals surface area contributed by atoms with Gasteiger partial charge in [-0.05, 0) is 18.9 Å². The molecule has 0 atom stereocenters. The van der Waals surface area contributed by atoms with E-state index in [2.05, 4.69) is 12.5 Å². The molecule has 2 nitrogen and oxygen atoms in total. The van der Waals surface area contributed by atoms with E-state index in [1.54, 1.807) is 0 Å². The lowest BCUT2D eigenvalue weighted by Gasteiger charge is -2.23.